The molecular formula is C14H27N3O3. The molecule has 6 nitrogen and oxygen atoms in total. The molecule has 0 aliphatic heterocycles. The van der Waals surface area contributed by atoms with E-state index in [0.717, 1.165) is 45.0 Å². The first-order valence-corrected chi connectivity index (χ1v) is 7.07. The number of methoxy groups -OCH3 is 2. The van der Waals surface area contributed by atoms with Crippen LogP contribution in [-0.4, -0.2) is 57.0 Å². The molecule has 1 aromatic heterocycles. The zero-order valence-electron chi connectivity index (χ0n) is 12.9. The van der Waals surface area contributed by atoms with Gasteiger partial charge in [0.15, 0.2) is 0 Å². The molecule has 0 unspecified atom stereocenters. The van der Waals surface area contributed by atoms with E-state index >= 15 is 0 Å². The monoisotopic (exact) mass is 285 g/mol. The van der Waals surface area contributed by atoms with Crippen LogP contribution in [0.2, 0.25) is 0 Å². The Balaban J connectivity index is 2.19. The van der Waals surface area contributed by atoms with Crippen LogP contribution in [0.5, 0.6) is 0 Å². The minimum atomic E-state index is 0.651. The lowest BCUT2D eigenvalue weighted by atomic mass is 10.2. The lowest BCUT2D eigenvalue weighted by Crippen LogP contribution is -2.18. The van der Waals surface area contributed by atoms with Crippen LogP contribution in [0.1, 0.15) is 17.7 Å². The maximum Gasteiger partial charge on any atom is 0.0700 e. The highest BCUT2D eigenvalue weighted by atomic mass is 16.5. The summed E-state index contributed by atoms with van der Waals surface area (Å²) in [6, 6.07) is 0. The summed E-state index contributed by atoms with van der Waals surface area (Å²) < 4.78 is 17.3. The van der Waals surface area contributed by atoms with Gasteiger partial charge in [-0.25, -0.2) is 0 Å². The number of hydrogen-bond acceptors (Lipinski definition) is 5. The first-order chi connectivity index (χ1) is 9.77. The fraction of sp³-hybridized carbons (Fsp3) is 0.786. The molecule has 20 heavy (non-hydrogen) atoms. The van der Waals surface area contributed by atoms with Gasteiger partial charge in [-0.15, -0.1) is 0 Å². The van der Waals surface area contributed by atoms with Crippen LogP contribution in [-0.2, 0) is 27.3 Å². The number of ether oxygens (including phenoxy) is 3. The van der Waals surface area contributed by atoms with Crippen molar-refractivity contribution in [2.45, 2.75) is 26.4 Å². The third-order valence-electron chi connectivity index (χ3n) is 2.95. The Morgan fingerprint density at radius 3 is 2.70 bits per heavy atom. The fourth-order valence-electron chi connectivity index (χ4n) is 1.82. The Kier molecular flexibility index (Phi) is 9.23. The number of nitrogens with one attached hydrogen (secondary N) is 1. The Bertz CT molecular complexity index is 355. The average molecular weight is 285 g/mol. The van der Waals surface area contributed by atoms with Gasteiger partial charge in [-0.1, -0.05) is 0 Å². The Labute approximate surface area is 121 Å². The van der Waals surface area contributed by atoms with Gasteiger partial charge >= 0.3 is 0 Å². The number of rotatable bonds is 12. The average Bonchev–Trinajstić information content (AvgIpc) is 2.79. The van der Waals surface area contributed by atoms with Crippen LogP contribution in [0.4, 0.5) is 0 Å². The van der Waals surface area contributed by atoms with E-state index < -0.39 is 0 Å². The van der Waals surface area contributed by atoms with Crippen LogP contribution in [0.25, 0.3) is 0 Å². The predicted octanol–water partition coefficient (Wildman–Crippen LogP) is 0.981. The number of aryl methyl sites for hydroxylation is 2. The molecule has 116 valence electrons. The number of aromatic nitrogens is 2. The van der Waals surface area contributed by atoms with E-state index in [9.17, 15) is 0 Å². The van der Waals surface area contributed by atoms with Crippen molar-refractivity contribution in [3.05, 3.63) is 17.5 Å². The van der Waals surface area contributed by atoms with Crippen LogP contribution >= 0.6 is 0 Å². The summed E-state index contributed by atoms with van der Waals surface area (Å²) in [7, 11) is 3.39. The molecular weight excluding hydrogens is 258 g/mol. The molecule has 1 rings (SSSR count). The minimum absolute atomic E-state index is 0.651. The molecule has 1 N–H and O–H groups in total. The quantitative estimate of drug-likeness (QED) is 0.580. The number of hydrogen-bond donors (Lipinski definition) is 1. The summed E-state index contributed by atoms with van der Waals surface area (Å²) in [5, 5.41) is 7.84. The van der Waals surface area contributed by atoms with Gasteiger partial charge < -0.3 is 19.5 Å². The smallest absolute Gasteiger partial charge is 0.0700 e. The first kappa shape index (κ1) is 17.1. The molecule has 0 radical (unpaired) electrons. The molecule has 1 aromatic rings. The zero-order chi connectivity index (χ0) is 14.6. The molecule has 0 fully saturated rings. The molecule has 0 aromatic carbocycles. The van der Waals surface area contributed by atoms with Gasteiger partial charge in [-0.2, -0.15) is 5.10 Å². The summed E-state index contributed by atoms with van der Waals surface area (Å²) in [5.74, 6) is 0. The zero-order valence-corrected chi connectivity index (χ0v) is 12.9. The van der Waals surface area contributed by atoms with Crippen molar-refractivity contribution in [2.24, 2.45) is 0 Å². The van der Waals surface area contributed by atoms with Crippen LogP contribution in [0, 0.1) is 6.92 Å². The van der Waals surface area contributed by atoms with Gasteiger partial charge in [0.25, 0.3) is 0 Å². The Hall–Kier alpha value is -0.950. The molecule has 0 aliphatic carbocycles. The third-order valence-corrected chi connectivity index (χ3v) is 2.95. The van der Waals surface area contributed by atoms with Crippen molar-refractivity contribution in [1.82, 2.24) is 15.1 Å². The summed E-state index contributed by atoms with van der Waals surface area (Å²) in [4.78, 5) is 0. The SMILES string of the molecule is COCCNCc1cn(CCCOCCOC)nc1C. The van der Waals surface area contributed by atoms with E-state index in [0.29, 0.717) is 13.2 Å². The second-order valence-electron chi connectivity index (χ2n) is 4.63. The van der Waals surface area contributed by atoms with Gasteiger partial charge in [0.1, 0.15) is 0 Å². The molecule has 0 spiro atoms. The summed E-state index contributed by atoms with van der Waals surface area (Å²) in [5.41, 5.74) is 2.32. The summed E-state index contributed by atoms with van der Waals surface area (Å²) >= 11 is 0. The standard InChI is InChI=1S/C14H27N3O3/c1-13-14(11-15-5-8-18-2)12-17(16-13)6-4-7-20-10-9-19-3/h12,15H,4-11H2,1-3H3. The molecule has 0 amide bonds. The second kappa shape index (κ2) is 10.8. The van der Waals surface area contributed by atoms with Crippen molar-refractivity contribution >= 4 is 0 Å². The van der Waals surface area contributed by atoms with Gasteiger partial charge in [-0.3, -0.25) is 4.68 Å². The van der Waals surface area contributed by atoms with E-state index in [1.165, 1.54) is 5.56 Å². The van der Waals surface area contributed by atoms with Crippen LogP contribution in [0.3, 0.4) is 0 Å². The lowest BCUT2D eigenvalue weighted by molar-refractivity contribution is 0.0677. The van der Waals surface area contributed by atoms with Crippen LogP contribution < -0.4 is 5.32 Å². The number of nitrogens with zero attached hydrogens (tertiary/aromatic N) is 2. The Morgan fingerprint density at radius 2 is 1.95 bits per heavy atom. The maximum absolute atomic E-state index is 5.43. The first-order valence-electron chi connectivity index (χ1n) is 7.07. The third kappa shape index (κ3) is 7.00. The van der Waals surface area contributed by atoms with Crippen LogP contribution in [0.15, 0.2) is 6.20 Å². The van der Waals surface area contributed by atoms with Gasteiger partial charge in [0.05, 0.1) is 25.5 Å². The molecule has 6 heteroatoms. The Morgan fingerprint density at radius 1 is 1.15 bits per heavy atom. The molecule has 0 saturated carbocycles. The van der Waals surface area contributed by atoms with Crippen molar-refractivity contribution in [2.75, 3.05) is 47.2 Å². The van der Waals surface area contributed by atoms with E-state index in [1.807, 2.05) is 11.6 Å². The normalized spacial score (nSPS) is 11.2. The summed E-state index contributed by atoms with van der Waals surface area (Å²) in [6.07, 6.45) is 3.06. The van der Waals surface area contributed by atoms with E-state index in [1.54, 1.807) is 14.2 Å². The molecule has 1 heterocycles. The highest BCUT2D eigenvalue weighted by Gasteiger charge is 2.04. The minimum Gasteiger partial charge on any atom is -0.383 e. The molecule has 0 saturated heterocycles. The topological polar surface area (TPSA) is 57.5 Å². The van der Waals surface area contributed by atoms with E-state index in [4.69, 9.17) is 14.2 Å². The predicted molar refractivity (Wildman–Crippen MR) is 77.9 cm³/mol. The maximum atomic E-state index is 5.43. The van der Waals surface area contributed by atoms with Gasteiger partial charge in [0, 0.05) is 52.2 Å². The fourth-order valence-corrected chi connectivity index (χ4v) is 1.82. The molecule has 0 bridgehead atoms. The van der Waals surface area contributed by atoms with Gasteiger partial charge in [0.2, 0.25) is 0 Å². The molecule has 0 aliphatic rings. The van der Waals surface area contributed by atoms with Gasteiger partial charge in [-0.05, 0) is 13.3 Å². The van der Waals surface area contributed by atoms with Crippen molar-refractivity contribution in [1.29, 1.82) is 0 Å². The van der Waals surface area contributed by atoms with Crippen molar-refractivity contribution < 1.29 is 14.2 Å². The summed E-state index contributed by atoms with van der Waals surface area (Å²) in [6.45, 7) is 7.38. The molecule has 0 atom stereocenters. The van der Waals surface area contributed by atoms with E-state index in [-0.39, 0.29) is 0 Å². The van der Waals surface area contributed by atoms with E-state index in [2.05, 4.69) is 16.6 Å². The largest absolute Gasteiger partial charge is 0.383 e. The van der Waals surface area contributed by atoms with Crippen molar-refractivity contribution in [3.8, 4) is 0 Å². The highest BCUT2D eigenvalue weighted by molar-refractivity contribution is 5.14. The second-order valence-corrected chi connectivity index (χ2v) is 4.63. The van der Waals surface area contributed by atoms with Crippen molar-refractivity contribution in [3.63, 3.8) is 0 Å². The lowest BCUT2D eigenvalue weighted by Gasteiger charge is -2.04. The highest BCUT2D eigenvalue weighted by Crippen LogP contribution is 2.05.